The number of carbonyl (C=O) groups excluding carboxylic acids is 1. The van der Waals surface area contributed by atoms with Gasteiger partial charge in [0.15, 0.2) is 11.9 Å². The maximum Gasteiger partial charge on any atom is 0.262 e. The van der Waals surface area contributed by atoms with Gasteiger partial charge in [0.25, 0.3) is 10.0 Å². The Kier molecular flexibility index (Phi) is 6.58. The van der Waals surface area contributed by atoms with Gasteiger partial charge in [-0.15, -0.1) is 0 Å². The highest BCUT2D eigenvalue weighted by atomic mass is 35.5. The molecule has 0 saturated carbocycles. The Hall–Kier alpha value is -3.82. The third-order valence-electron chi connectivity index (χ3n) is 4.98. The van der Waals surface area contributed by atoms with Crippen molar-refractivity contribution in [3.63, 3.8) is 0 Å². The number of rotatable bonds is 8. The number of methoxy groups -OCH3 is 1. The van der Waals surface area contributed by atoms with Gasteiger partial charge in [-0.2, -0.15) is 0 Å². The second-order valence-electron chi connectivity index (χ2n) is 7.28. The predicted molar refractivity (Wildman–Crippen MR) is 132 cm³/mol. The highest BCUT2D eigenvalue weighted by molar-refractivity contribution is 7.92. The Morgan fingerprint density at radius 3 is 2.62 bits per heavy atom. The van der Waals surface area contributed by atoms with Crippen LogP contribution in [0.15, 0.2) is 76.2 Å². The average Bonchev–Trinajstić information content (AvgIpc) is 3.23. The Morgan fingerprint density at radius 1 is 1.09 bits per heavy atom. The standard InChI is InChI=1S/C24H20ClN3O5S/c1-15-5-3-4-6-19(15)28-34(30,31)18-8-9-20(23(12-18)32-2)26-13-16(14-29)24-27-21-11-17(25)7-10-22(21)33-24/h3-14,26,28H,1-2H3/b16-13+. The minimum atomic E-state index is -3.85. The number of sulfonamides is 1. The van der Waals surface area contributed by atoms with E-state index in [9.17, 15) is 13.2 Å². The van der Waals surface area contributed by atoms with E-state index in [4.69, 9.17) is 20.8 Å². The molecule has 174 valence electrons. The first-order valence-corrected chi connectivity index (χ1v) is 11.9. The molecule has 0 saturated heterocycles. The first-order chi connectivity index (χ1) is 16.3. The second kappa shape index (κ2) is 9.58. The third-order valence-corrected chi connectivity index (χ3v) is 6.58. The molecule has 0 radical (unpaired) electrons. The van der Waals surface area contributed by atoms with Crippen LogP contribution in [0, 0.1) is 6.92 Å². The van der Waals surface area contributed by atoms with E-state index in [1.807, 2.05) is 19.1 Å². The summed E-state index contributed by atoms with van der Waals surface area (Å²) in [5.74, 6) is 0.374. The lowest BCUT2D eigenvalue weighted by atomic mass is 10.2. The van der Waals surface area contributed by atoms with Crippen LogP contribution in [0.1, 0.15) is 11.5 Å². The van der Waals surface area contributed by atoms with Crippen LogP contribution < -0.4 is 14.8 Å². The molecule has 0 aliphatic carbocycles. The van der Waals surface area contributed by atoms with Crippen LogP contribution >= 0.6 is 11.6 Å². The summed E-state index contributed by atoms with van der Waals surface area (Å²) >= 11 is 5.97. The molecule has 34 heavy (non-hydrogen) atoms. The fourth-order valence-electron chi connectivity index (χ4n) is 3.17. The van der Waals surface area contributed by atoms with Crippen molar-refractivity contribution in [1.29, 1.82) is 0 Å². The number of hydrogen-bond donors (Lipinski definition) is 2. The first-order valence-electron chi connectivity index (χ1n) is 10.1. The fourth-order valence-corrected chi connectivity index (χ4v) is 4.49. The van der Waals surface area contributed by atoms with Crippen molar-refractivity contribution in [2.45, 2.75) is 11.8 Å². The predicted octanol–water partition coefficient (Wildman–Crippen LogP) is 5.25. The molecule has 0 aliphatic heterocycles. The molecule has 0 fully saturated rings. The van der Waals surface area contributed by atoms with Crippen molar-refractivity contribution < 1.29 is 22.4 Å². The summed E-state index contributed by atoms with van der Waals surface area (Å²) in [6.45, 7) is 1.81. The van der Waals surface area contributed by atoms with Crippen molar-refractivity contribution >= 4 is 56.0 Å². The maximum atomic E-state index is 12.9. The van der Waals surface area contributed by atoms with Crippen molar-refractivity contribution in [2.75, 3.05) is 17.1 Å². The van der Waals surface area contributed by atoms with Crippen LogP contribution in [-0.2, 0) is 14.8 Å². The number of allylic oxidation sites excluding steroid dienone is 1. The number of hydrogen-bond acceptors (Lipinski definition) is 7. The van der Waals surface area contributed by atoms with Crippen LogP contribution in [0.5, 0.6) is 5.75 Å². The molecule has 3 aromatic carbocycles. The van der Waals surface area contributed by atoms with E-state index in [1.165, 1.54) is 31.5 Å². The molecule has 2 N–H and O–H groups in total. The number of nitrogens with one attached hydrogen (secondary N) is 2. The van der Waals surface area contributed by atoms with E-state index in [1.54, 1.807) is 30.3 Å². The summed E-state index contributed by atoms with van der Waals surface area (Å²) in [5, 5.41) is 3.45. The van der Waals surface area contributed by atoms with Crippen molar-refractivity contribution in [1.82, 2.24) is 4.98 Å². The summed E-state index contributed by atoms with van der Waals surface area (Å²) < 4.78 is 39.3. The molecule has 0 spiro atoms. The largest absolute Gasteiger partial charge is 0.495 e. The van der Waals surface area contributed by atoms with E-state index < -0.39 is 10.0 Å². The number of fused-ring (bicyclic) bond motifs is 1. The third kappa shape index (κ3) is 4.90. The molecule has 4 aromatic rings. The van der Waals surface area contributed by atoms with Gasteiger partial charge in [-0.25, -0.2) is 13.4 Å². The van der Waals surface area contributed by atoms with E-state index in [2.05, 4.69) is 15.0 Å². The Bertz CT molecular complexity index is 1510. The Morgan fingerprint density at radius 2 is 1.88 bits per heavy atom. The minimum absolute atomic E-state index is 0.0218. The van der Waals surface area contributed by atoms with E-state index in [-0.39, 0.29) is 22.1 Å². The number of halogens is 1. The highest BCUT2D eigenvalue weighted by Crippen LogP contribution is 2.30. The van der Waals surface area contributed by atoms with Crippen molar-refractivity contribution in [3.8, 4) is 5.75 Å². The molecule has 10 heteroatoms. The molecule has 0 atom stereocenters. The van der Waals surface area contributed by atoms with Gasteiger partial charge in [0, 0.05) is 17.3 Å². The van der Waals surface area contributed by atoms with Gasteiger partial charge >= 0.3 is 0 Å². The number of ether oxygens (including phenoxy) is 1. The lowest BCUT2D eigenvalue weighted by Crippen LogP contribution is -2.14. The van der Waals surface area contributed by atoms with Crippen LogP contribution in [0.3, 0.4) is 0 Å². The number of carbonyl (C=O) groups is 1. The molecule has 8 nitrogen and oxygen atoms in total. The second-order valence-corrected chi connectivity index (χ2v) is 9.39. The van der Waals surface area contributed by atoms with Gasteiger partial charge in [-0.3, -0.25) is 9.52 Å². The number of aryl methyl sites for hydroxylation is 1. The fraction of sp³-hybridized carbons (Fsp3) is 0.0833. The number of nitrogens with zero attached hydrogens (tertiary/aromatic N) is 1. The van der Waals surface area contributed by atoms with Crippen LogP contribution in [0.25, 0.3) is 16.7 Å². The Labute approximate surface area is 201 Å². The lowest BCUT2D eigenvalue weighted by molar-refractivity contribution is -0.103. The Balaban J connectivity index is 1.60. The van der Waals surface area contributed by atoms with Gasteiger partial charge in [0.1, 0.15) is 11.3 Å². The quantitative estimate of drug-likeness (QED) is 0.252. The van der Waals surface area contributed by atoms with Crippen molar-refractivity contribution in [3.05, 3.63) is 83.3 Å². The lowest BCUT2D eigenvalue weighted by Gasteiger charge is -2.13. The summed E-state index contributed by atoms with van der Waals surface area (Å²) in [4.78, 5) is 16.0. The van der Waals surface area contributed by atoms with Gasteiger partial charge in [0.05, 0.1) is 29.0 Å². The van der Waals surface area contributed by atoms with E-state index in [0.29, 0.717) is 33.8 Å². The number of aromatic nitrogens is 1. The minimum Gasteiger partial charge on any atom is -0.495 e. The summed E-state index contributed by atoms with van der Waals surface area (Å²) in [7, 11) is -2.43. The summed E-state index contributed by atoms with van der Waals surface area (Å²) in [6, 6.07) is 16.4. The first kappa shape index (κ1) is 23.3. The molecule has 1 heterocycles. The SMILES string of the molecule is COc1cc(S(=O)(=O)Nc2ccccc2C)ccc1N/C=C(\C=O)c1nc2cc(Cl)ccc2o1. The topological polar surface area (TPSA) is 111 Å². The molecular formula is C24H20ClN3O5S. The molecule has 0 unspecified atom stereocenters. The zero-order valence-corrected chi connectivity index (χ0v) is 19.8. The van der Waals surface area contributed by atoms with Crippen molar-refractivity contribution in [2.24, 2.45) is 0 Å². The molecule has 0 amide bonds. The molecule has 0 aliphatic rings. The van der Waals surface area contributed by atoms with Crippen LogP contribution in [0.2, 0.25) is 5.02 Å². The molecular weight excluding hydrogens is 478 g/mol. The summed E-state index contributed by atoms with van der Waals surface area (Å²) in [5.41, 5.74) is 2.87. The number of anilines is 2. The monoisotopic (exact) mass is 497 g/mol. The van der Waals surface area contributed by atoms with Gasteiger partial charge < -0.3 is 14.5 Å². The van der Waals surface area contributed by atoms with Crippen LogP contribution in [0.4, 0.5) is 11.4 Å². The molecule has 0 bridgehead atoms. The smallest absolute Gasteiger partial charge is 0.262 e. The zero-order chi connectivity index (χ0) is 24.3. The van der Waals surface area contributed by atoms with E-state index >= 15 is 0 Å². The summed E-state index contributed by atoms with van der Waals surface area (Å²) in [6.07, 6.45) is 1.99. The van der Waals surface area contributed by atoms with Gasteiger partial charge in [0.2, 0.25) is 5.89 Å². The van der Waals surface area contributed by atoms with Crippen LogP contribution in [-0.4, -0.2) is 26.8 Å². The highest BCUT2D eigenvalue weighted by Gasteiger charge is 2.18. The zero-order valence-electron chi connectivity index (χ0n) is 18.2. The maximum absolute atomic E-state index is 12.9. The number of benzene rings is 3. The molecule has 1 aromatic heterocycles. The van der Waals surface area contributed by atoms with Gasteiger partial charge in [-0.05, 0) is 48.9 Å². The van der Waals surface area contributed by atoms with E-state index in [0.717, 1.165) is 5.56 Å². The normalized spacial score (nSPS) is 11.9. The molecule has 4 rings (SSSR count). The number of para-hydroxylation sites is 1. The number of aldehydes is 1. The average molecular weight is 498 g/mol. The number of oxazole rings is 1. The van der Waals surface area contributed by atoms with Gasteiger partial charge in [-0.1, -0.05) is 29.8 Å².